The maximum atomic E-state index is 5.30. The third-order valence-electron chi connectivity index (χ3n) is 3.30. The second-order valence-electron chi connectivity index (χ2n) is 4.86. The SMILES string of the molecule is CN=C(NCCc1ccc(OC)c(OC)c1)NC1CC1. The van der Waals surface area contributed by atoms with Crippen LogP contribution in [0, 0.1) is 0 Å². The molecule has 0 spiro atoms. The maximum absolute atomic E-state index is 5.30. The van der Waals surface area contributed by atoms with Gasteiger partial charge < -0.3 is 20.1 Å². The largest absolute Gasteiger partial charge is 0.493 e. The molecule has 0 unspecified atom stereocenters. The first-order chi connectivity index (χ1) is 9.76. The van der Waals surface area contributed by atoms with Crippen molar-refractivity contribution >= 4 is 5.96 Å². The van der Waals surface area contributed by atoms with Gasteiger partial charge in [0.1, 0.15) is 0 Å². The smallest absolute Gasteiger partial charge is 0.191 e. The first-order valence-corrected chi connectivity index (χ1v) is 6.95. The Morgan fingerprint density at radius 2 is 2.00 bits per heavy atom. The second kappa shape index (κ2) is 7.03. The van der Waals surface area contributed by atoms with Crippen molar-refractivity contribution in [2.24, 2.45) is 4.99 Å². The number of rotatable bonds is 6. The van der Waals surface area contributed by atoms with Gasteiger partial charge in [0.25, 0.3) is 0 Å². The Hall–Kier alpha value is -1.91. The van der Waals surface area contributed by atoms with E-state index in [1.54, 1.807) is 21.3 Å². The van der Waals surface area contributed by atoms with Crippen LogP contribution in [0.3, 0.4) is 0 Å². The van der Waals surface area contributed by atoms with E-state index < -0.39 is 0 Å². The number of benzene rings is 1. The molecule has 1 aromatic rings. The van der Waals surface area contributed by atoms with E-state index >= 15 is 0 Å². The number of hydrogen-bond acceptors (Lipinski definition) is 3. The van der Waals surface area contributed by atoms with Crippen molar-refractivity contribution < 1.29 is 9.47 Å². The van der Waals surface area contributed by atoms with E-state index in [1.165, 1.54) is 18.4 Å². The van der Waals surface area contributed by atoms with E-state index in [1.807, 2.05) is 12.1 Å². The lowest BCUT2D eigenvalue weighted by Crippen LogP contribution is -2.39. The molecule has 1 aromatic carbocycles. The normalized spacial score (nSPS) is 14.8. The van der Waals surface area contributed by atoms with Gasteiger partial charge in [0.2, 0.25) is 0 Å². The van der Waals surface area contributed by atoms with Crippen molar-refractivity contribution in [2.75, 3.05) is 27.8 Å². The fourth-order valence-corrected chi connectivity index (χ4v) is 1.98. The molecule has 0 aliphatic heterocycles. The molecule has 0 radical (unpaired) electrons. The molecule has 0 heterocycles. The van der Waals surface area contributed by atoms with E-state index in [4.69, 9.17) is 9.47 Å². The van der Waals surface area contributed by atoms with Gasteiger partial charge in [-0.25, -0.2) is 0 Å². The number of hydrogen-bond donors (Lipinski definition) is 2. The van der Waals surface area contributed by atoms with Crippen LogP contribution in [0.5, 0.6) is 11.5 Å². The minimum atomic E-state index is 0.613. The molecule has 1 saturated carbocycles. The molecule has 20 heavy (non-hydrogen) atoms. The summed E-state index contributed by atoms with van der Waals surface area (Å²) in [4.78, 5) is 4.21. The Morgan fingerprint density at radius 3 is 2.60 bits per heavy atom. The van der Waals surface area contributed by atoms with Gasteiger partial charge in [-0.2, -0.15) is 0 Å². The van der Waals surface area contributed by atoms with E-state index in [0.717, 1.165) is 30.4 Å². The molecule has 1 fully saturated rings. The lowest BCUT2D eigenvalue weighted by Gasteiger charge is -2.12. The van der Waals surface area contributed by atoms with Gasteiger partial charge in [-0.1, -0.05) is 6.07 Å². The summed E-state index contributed by atoms with van der Waals surface area (Å²) in [5.41, 5.74) is 1.21. The Balaban J connectivity index is 1.83. The van der Waals surface area contributed by atoms with Crippen LogP contribution in [-0.4, -0.2) is 39.8 Å². The summed E-state index contributed by atoms with van der Waals surface area (Å²) in [6, 6.07) is 6.62. The van der Waals surface area contributed by atoms with Crippen molar-refractivity contribution in [3.8, 4) is 11.5 Å². The quantitative estimate of drug-likeness (QED) is 0.612. The average molecular weight is 277 g/mol. The topological polar surface area (TPSA) is 54.9 Å². The monoisotopic (exact) mass is 277 g/mol. The predicted molar refractivity (Wildman–Crippen MR) is 80.8 cm³/mol. The van der Waals surface area contributed by atoms with Crippen LogP contribution in [0.4, 0.5) is 0 Å². The highest BCUT2D eigenvalue weighted by molar-refractivity contribution is 5.80. The highest BCUT2D eigenvalue weighted by Crippen LogP contribution is 2.27. The minimum Gasteiger partial charge on any atom is -0.493 e. The van der Waals surface area contributed by atoms with Crippen LogP contribution in [0.1, 0.15) is 18.4 Å². The first kappa shape index (κ1) is 14.5. The van der Waals surface area contributed by atoms with Crippen LogP contribution in [-0.2, 0) is 6.42 Å². The fourth-order valence-electron chi connectivity index (χ4n) is 1.98. The van der Waals surface area contributed by atoms with E-state index in [0.29, 0.717) is 6.04 Å². The Bertz CT molecular complexity index is 470. The molecule has 0 saturated heterocycles. The van der Waals surface area contributed by atoms with Gasteiger partial charge in [-0.15, -0.1) is 0 Å². The van der Waals surface area contributed by atoms with Crippen LogP contribution < -0.4 is 20.1 Å². The molecule has 5 nitrogen and oxygen atoms in total. The summed E-state index contributed by atoms with van der Waals surface area (Å²) >= 11 is 0. The number of ether oxygens (including phenoxy) is 2. The first-order valence-electron chi connectivity index (χ1n) is 6.95. The molecule has 0 amide bonds. The molecular weight excluding hydrogens is 254 g/mol. The highest BCUT2D eigenvalue weighted by Gasteiger charge is 2.21. The fraction of sp³-hybridized carbons (Fsp3) is 0.533. The van der Waals surface area contributed by atoms with Gasteiger partial charge in [-0.3, -0.25) is 4.99 Å². The zero-order valence-electron chi connectivity index (χ0n) is 12.4. The standard InChI is InChI=1S/C15H23N3O2/c1-16-15(18-12-5-6-12)17-9-8-11-4-7-13(19-2)14(10-11)20-3/h4,7,10,12H,5-6,8-9H2,1-3H3,(H2,16,17,18). The van der Waals surface area contributed by atoms with Crippen molar-refractivity contribution in [1.82, 2.24) is 10.6 Å². The van der Waals surface area contributed by atoms with Gasteiger partial charge >= 0.3 is 0 Å². The Labute approximate surface area is 120 Å². The molecule has 5 heteroatoms. The molecule has 1 aliphatic carbocycles. The summed E-state index contributed by atoms with van der Waals surface area (Å²) in [6.45, 7) is 0.835. The van der Waals surface area contributed by atoms with Crippen molar-refractivity contribution in [3.05, 3.63) is 23.8 Å². The lowest BCUT2D eigenvalue weighted by atomic mass is 10.1. The van der Waals surface area contributed by atoms with Crippen molar-refractivity contribution in [1.29, 1.82) is 0 Å². The van der Waals surface area contributed by atoms with Gasteiger partial charge in [0, 0.05) is 19.6 Å². The summed E-state index contributed by atoms with van der Waals surface area (Å²) < 4.78 is 10.5. The zero-order chi connectivity index (χ0) is 14.4. The van der Waals surface area contributed by atoms with Crippen molar-refractivity contribution in [2.45, 2.75) is 25.3 Å². The second-order valence-corrected chi connectivity index (χ2v) is 4.86. The third-order valence-corrected chi connectivity index (χ3v) is 3.30. The molecule has 0 bridgehead atoms. The number of guanidine groups is 1. The number of aliphatic imine (C=N–C) groups is 1. The summed E-state index contributed by atoms with van der Waals surface area (Å²) in [6.07, 6.45) is 3.40. The van der Waals surface area contributed by atoms with Gasteiger partial charge in [0.05, 0.1) is 14.2 Å². The van der Waals surface area contributed by atoms with Crippen molar-refractivity contribution in [3.63, 3.8) is 0 Å². The molecular formula is C15H23N3O2. The van der Waals surface area contributed by atoms with E-state index in [2.05, 4.69) is 21.7 Å². The average Bonchev–Trinajstić information content (AvgIpc) is 3.30. The Kier molecular flexibility index (Phi) is 5.09. The van der Waals surface area contributed by atoms with Gasteiger partial charge in [0.15, 0.2) is 17.5 Å². The predicted octanol–water partition coefficient (Wildman–Crippen LogP) is 1.57. The zero-order valence-corrected chi connectivity index (χ0v) is 12.4. The molecule has 0 atom stereocenters. The van der Waals surface area contributed by atoms with E-state index in [9.17, 15) is 0 Å². The molecule has 2 rings (SSSR count). The van der Waals surface area contributed by atoms with Crippen LogP contribution in [0.25, 0.3) is 0 Å². The molecule has 2 N–H and O–H groups in total. The number of nitrogens with one attached hydrogen (secondary N) is 2. The third kappa shape index (κ3) is 4.05. The summed E-state index contributed by atoms with van der Waals surface area (Å²) in [5, 5.41) is 6.68. The van der Waals surface area contributed by atoms with E-state index in [-0.39, 0.29) is 0 Å². The minimum absolute atomic E-state index is 0.613. The molecule has 110 valence electrons. The summed E-state index contributed by atoms with van der Waals surface area (Å²) in [5.74, 6) is 2.41. The maximum Gasteiger partial charge on any atom is 0.191 e. The lowest BCUT2D eigenvalue weighted by molar-refractivity contribution is 0.354. The molecule has 0 aromatic heterocycles. The van der Waals surface area contributed by atoms with Crippen LogP contribution in [0.2, 0.25) is 0 Å². The number of nitrogens with zero attached hydrogens (tertiary/aromatic N) is 1. The number of methoxy groups -OCH3 is 2. The van der Waals surface area contributed by atoms with Crippen LogP contribution >= 0.6 is 0 Å². The van der Waals surface area contributed by atoms with Crippen LogP contribution in [0.15, 0.2) is 23.2 Å². The highest BCUT2D eigenvalue weighted by atomic mass is 16.5. The van der Waals surface area contributed by atoms with Gasteiger partial charge in [-0.05, 0) is 37.0 Å². The molecule has 1 aliphatic rings. The summed E-state index contributed by atoms with van der Waals surface area (Å²) in [7, 11) is 5.10. The Morgan fingerprint density at radius 1 is 1.25 bits per heavy atom.